The summed E-state index contributed by atoms with van der Waals surface area (Å²) in [4.78, 5) is 12.0. The summed E-state index contributed by atoms with van der Waals surface area (Å²) in [6.07, 6.45) is 3.66. The van der Waals surface area contributed by atoms with Gasteiger partial charge in [0, 0.05) is 25.7 Å². The maximum absolute atomic E-state index is 12.0. The van der Waals surface area contributed by atoms with Crippen LogP contribution in [0.15, 0.2) is 0 Å². The van der Waals surface area contributed by atoms with Gasteiger partial charge in [0.25, 0.3) is 0 Å². The Morgan fingerprint density at radius 2 is 2.12 bits per heavy atom. The number of carbonyl (C=O) groups is 1. The zero-order chi connectivity index (χ0) is 12.1. The smallest absolute Gasteiger partial charge is 0.149 e. The fourth-order valence-corrected chi connectivity index (χ4v) is 2.79. The number of rotatable bonds is 4. The summed E-state index contributed by atoms with van der Waals surface area (Å²) in [5, 5.41) is 3.12. The van der Waals surface area contributed by atoms with Crippen LogP contribution in [0.1, 0.15) is 32.6 Å². The van der Waals surface area contributed by atoms with Gasteiger partial charge in [0.15, 0.2) is 0 Å². The molecule has 0 radical (unpaired) electrons. The van der Waals surface area contributed by atoms with Crippen molar-refractivity contribution >= 4 is 5.78 Å². The van der Waals surface area contributed by atoms with E-state index in [-0.39, 0.29) is 11.5 Å². The van der Waals surface area contributed by atoms with E-state index in [4.69, 9.17) is 9.47 Å². The van der Waals surface area contributed by atoms with E-state index in [0.29, 0.717) is 12.3 Å². The van der Waals surface area contributed by atoms with Gasteiger partial charge >= 0.3 is 0 Å². The molecule has 2 fully saturated rings. The molecule has 2 rings (SSSR count). The van der Waals surface area contributed by atoms with Crippen molar-refractivity contribution in [3.63, 3.8) is 0 Å². The number of ketones is 1. The number of hydrogen-bond donors (Lipinski definition) is 1. The summed E-state index contributed by atoms with van der Waals surface area (Å²) in [5.41, 5.74) is -0.0664. The maximum atomic E-state index is 12.0. The van der Waals surface area contributed by atoms with E-state index in [9.17, 15) is 4.79 Å². The van der Waals surface area contributed by atoms with Gasteiger partial charge in [0.2, 0.25) is 0 Å². The molecule has 0 aromatic heterocycles. The van der Waals surface area contributed by atoms with Crippen molar-refractivity contribution in [2.75, 3.05) is 32.9 Å². The SMILES string of the molecule is CCNCC(=O)C1CCOC2(CCOCC2)C1. The molecule has 17 heavy (non-hydrogen) atoms. The molecule has 0 amide bonds. The quantitative estimate of drug-likeness (QED) is 0.802. The molecule has 0 saturated carbocycles. The van der Waals surface area contributed by atoms with E-state index < -0.39 is 0 Å². The molecule has 1 spiro atoms. The van der Waals surface area contributed by atoms with Crippen LogP contribution in [0.5, 0.6) is 0 Å². The number of nitrogens with one attached hydrogen (secondary N) is 1. The number of Topliss-reactive ketones (excluding diaryl/α,β-unsaturated/α-hetero) is 1. The summed E-state index contributed by atoms with van der Waals surface area (Å²) in [6, 6.07) is 0. The van der Waals surface area contributed by atoms with Crippen molar-refractivity contribution in [1.29, 1.82) is 0 Å². The van der Waals surface area contributed by atoms with Crippen LogP contribution in [0.3, 0.4) is 0 Å². The Hall–Kier alpha value is -0.450. The molecule has 0 aromatic carbocycles. The van der Waals surface area contributed by atoms with Gasteiger partial charge in [-0.3, -0.25) is 4.79 Å². The monoisotopic (exact) mass is 241 g/mol. The molecule has 4 heteroatoms. The highest BCUT2D eigenvalue weighted by atomic mass is 16.5. The molecule has 0 aromatic rings. The lowest BCUT2D eigenvalue weighted by molar-refractivity contribution is -0.156. The van der Waals surface area contributed by atoms with Crippen LogP contribution in [0.2, 0.25) is 0 Å². The molecule has 2 aliphatic rings. The minimum Gasteiger partial charge on any atom is -0.381 e. The van der Waals surface area contributed by atoms with E-state index in [2.05, 4.69) is 5.32 Å². The summed E-state index contributed by atoms with van der Waals surface area (Å²) in [6.45, 7) is 5.66. The average molecular weight is 241 g/mol. The summed E-state index contributed by atoms with van der Waals surface area (Å²) >= 11 is 0. The normalized spacial score (nSPS) is 28.2. The lowest BCUT2D eigenvalue weighted by atomic mass is 9.79. The zero-order valence-corrected chi connectivity index (χ0v) is 10.7. The Morgan fingerprint density at radius 3 is 2.82 bits per heavy atom. The van der Waals surface area contributed by atoms with Crippen molar-refractivity contribution < 1.29 is 14.3 Å². The van der Waals surface area contributed by atoms with Crippen LogP contribution >= 0.6 is 0 Å². The second-order valence-corrected chi connectivity index (χ2v) is 5.08. The van der Waals surface area contributed by atoms with Crippen LogP contribution in [-0.2, 0) is 14.3 Å². The first-order valence-electron chi connectivity index (χ1n) is 6.71. The standard InChI is InChI=1S/C13H23NO3/c1-2-14-10-12(15)11-3-6-17-13(9-11)4-7-16-8-5-13/h11,14H,2-10H2,1H3. The van der Waals surface area contributed by atoms with Crippen molar-refractivity contribution in [2.45, 2.75) is 38.2 Å². The van der Waals surface area contributed by atoms with Crippen LogP contribution in [0.4, 0.5) is 0 Å². The van der Waals surface area contributed by atoms with Crippen LogP contribution in [0, 0.1) is 5.92 Å². The zero-order valence-electron chi connectivity index (χ0n) is 10.7. The second-order valence-electron chi connectivity index (χ2n) is 5.08. The molecular formula is C13H23NO3. The van der Waals surface area contributed by atoms with Crippen molar-refractivity contribution in [3.8, 4) is 0 Å². The van der Waals surface area contributed by atoms with Gasteiger partial charge in [-0.15, -0.1) is 0 Å². The van der Waals surface area contributed by atoms with Crippen LogP contribution in [0.25, 0.3) is 0 Å². The van der Waals surface area contributed by atoms with Gasteiger partial charge in [0.1, 0.15) is 5.78 Å². The molecule has 2 saturated heterocycles. The van der Waals surface area contributed by atoms with E-state index in [1.54, 1.807) is 0 Å². The molecular weight excluding hydrogens is 218 g/mol. The summed E-state index contributed by atoms with van der Waals surface area (Å²) in [7, 11) is 0. The predicted molar refractivity (Wildman–Crippen MR) is 65.0 cm³/mol. The van der Waals surface area contributed by atoms with Gasteiger partial charge in [0.05, 0.1) is 12.1 Å². The molecule has 2 aliphatic heterocycles. The van der Waals surface area contributed by atoms with Gasteiger partial charge in [-0.05, 0) is 32.2 Å². The highest BCUT2D eigenvalue weighted by molar-refractivity contribution is 5.83. The van der Waals surface area contributed by atoms with Crippen molar-refractivity contribution in [1.82, 2.24) is 5.32 Å². The molecule has 0 aliphatic carbocycles. The number of hydrogen-bond acceptors (Lipinski definition) is 4. The molecule has 0 bridgehead atoms. The largest absolute Gasteiger partial charge is 0.381 e. The molecule has 4 nitrogen and oxygen atoms in total. The summed E-state index contributed by atoms with van der Waals surface area (Å²) < 4.78 is 11.3. The van der Waals surface area contributed by atoms with Gasteiger partial charge in [-0.25, -0.2) is 0 Å². The van der Waals surface area contributed by atoms with E-state index in [0.717, 1.165) is 52.0 Å². The van der Waals surface area contributed by atoms with E-state index in [1.165, 1.54) is 0 Å². The average Bonchev–Trinajstić information content (AvgIpc) is 2.37. The Balaban J connectivity index is 1.89. The van der Waals surface area contributed by atoms with Crippen LogP contribution < -0.4 is 5.32 Å². The van der Waals surface area contributed by atoms with Crippen LogP contribution in [-0.4, -0.2) is 44.3 Å². The number of ether oxygens (including phenoxy) is 2. The first kappa shape index (κ1) is 13.0. The van der Waals surface area contributed by atoms with Crippen molar-refractivity contribution in [2.24, 2.45) is 5.92 Å². The second kappa shape index (κ2) is 5.94. The highest BCUT2D eigenvalue weighted by Gasteiger charge is 2.40. The first-order valence-corrected chi connectivity index (χ1v) is 6.71. The van der Waals surface area contributed by atoms with Crippen molar-refractivity contribution in [3.05, 3.63) is 0 Å². The van der Waals surface area contributed by atoms with Gasteiger partial charge < -0.3 is 14.8 Å². The lowest BCUT2D eigenvalue weighted by Gasteiger charge is -2.42. The highest BCUT2D eigenvalue weighted by Crippen LogP contribution is 2.37. The molecule has 2 heterocycles. The number of likely N-dealkylation sites (N-methyl/N-ethyl adjacent to an activating group) is 1. The third-order valence-corrected chi connectivity index (χ3v) is 3.90. The number of carbonyl (C=O) groups excluding carboxylic acids is 1. The lowest BCUT2D eigenvalue weighted by Crippen LogP contribution is -2.47. The Kier molecular flexibility index (Phi) is 4.54. The third-order valence-electron chi connectivity index (χ3n) is 3.90. The third kappa shape index (κ3) is 3.27. The predicted octanol–water partition coefficient (Wildman–Crippen LogP) is 1.14. The van der Waals surface area contributed by atoms with Gasteiger partial charge in [-0.1, -0.05) is 6.92 Å². The molecule has 98 valence electrons. The fraction of sp³-hybridized carbons (Fsp3) is 0.923. The minimum absolute atomic E-state index is 0.0664. The topological polar surface area (TPSA) is 47.6 Å². The Labute approximate surface area is 103 Å². The first-order chi connectivity index (χ1) is 8.26. The minimum atomic E-state index is -0.0664. The fourth-order valence-electron chi connectivity index (χ4n) is 2.79. The van der Waals surface area contributed by atoms with Gasteiger partial charge in [-0.2, -0.15) is 0 Å². The Bertz CT molecular complexity index is 256. The van der Waals surface area contributed by atoms with E-state index in [1.807, 2.05) is 6.92 Å². The molecule has 1 N–H and O–H groups in total. The Morgan fingerprint density at radius 1 is 1.35 bits per heavy atom. The maximum Gasteiger partial charge on any atom is 0.149 e. The molecule has 1 atom stereocenters. The van der Waals surface area contributed by atoms with E-state index >= 15 is 0 Å². The summed E-state index contributed by atoms with van der Waals surface area (Å²) in [5.74, 6) is 0.530. The molecule has 1 unspecified atom stereocenters.